The summed E-state index contributed by atoms with van der Waals surface area (Å²) in [4.78, 5) is 12.1. The highest BCUT2D eigenvalue weighted by atomic mass is 19.1. The van der Waals surface area contributed by atoms with Crippen molar-refractivity contribution in [3.05, 3.63) is 53.8 Å². The molecule has 2 N–H and O–H groups in total. The Labute approximate surface area is 135 Å². The van der Waals surface area contributed by atoms with Gasteiger partial charge < -0.3 is 15.4 Å². The van der Waals surface area contributed by atoms with Crippen LogP contribution in [0.5, 0.6) is 5.75 Å². The fourth-order valence-corrected chi connectivity index (χ4v) is 2.06. The van der Waals surface area contributed by atoms with Gasteiger partial charge in [-0.3, -0.25) is 4.79 Å². The monoisotopic (exact) mass is 316 g/mol. The zero-order valence-corrected chi connectivity index (χ0v) is 13.4. The number of carbonyl (C=O) groups excluding carboxylic acids is 1. The Morgan fingerprint density at radius 1 is 1.17 bits per heavy atom. The first-order valence-corrected chi connectivity index (χ1v) is 7.62. The fraction of sp³-hybridized carbons (Fsp3) is 0.278. The third-order valence-corrected chi connectivity index (χ3v) is 3.26. The van der Waals surface area contributed by atoms with Crippen LogP contribution in [0, 0.1) is 12.7 Å². The van der Waals surface area contributed by atoms with Crippen LogP contribution in [-0.2, 0) is 4.79 Å². The van der Waals surface area contributed by atoms with Gasteiger partial charge in [-0.1, -0.05) is 25.1 Å². The van der Waals surface area contributed by atoms with Crippen molar-refractivity contribution in [3.8, 4) is 5.75 Å². The Kier molecular flexibility index (Phi) is 5.97. The van der Waals surface area contributed by atoms with Crippen LogP contribution in [0.25, 0.3) is 0 Å². The quantitative estimate of drug-likeness (QED) is 0.812. The van der Waals surface area contributed by atoms with E-state index < -0.39 is 0 Å². The van der Waals surface area contributed by atoms with Crippen molar-refractivity contribution in [2.75, 3.05) is 23.8 Å². The number of carbonyl (C=O) groups is 1. The van der Waals surface area contributed by atoms with E-state index in [-0.39, 0.29) is 18.3 Å². The first-order chi connectivity index (χ1) is 11.1. The second kappa shape index (κ2) is 8.17. The number of benzene rings is 2. The lowest BCUT2D eigenvalue weighted by molar-refractivity contribution is -0.114. The number of aryl methyl sites for hydroxylation is 1. The van der Waals surface area contributed by atoms with Gasteiger partial charge in [0, 0.05) is 5.69 Å². The topological polar surface area (TPSA) is 50.4 Å². The highest BCUT2D eigenvalue weighted by Crippen LogP contribution is 2.24. The molecule has 0 spiro atoms. The van der Waals surface area contributed by atoms with Crippen molar-refractivity contribution >= 4 is 17.3 Å². The summed E-state index contributed by atoms with van der Waals surface area (Å²) in [6.07, 6.45) is 0.892. The van der Waals surface area contributed by atoms with Gasteiger partial charge in [0.05, 0.1) is 18.8 Å². The minimum absolute atomic E-state index is 0.0480. The van der Waals surface area contributed by atoms with Crippen LogP contribution in [0.2, 0.25) is 0 Å². The Balaban J connectivity index is 1.96. The molecule has 0 unspecified atom stereocenters. The molecule has 0 aliphatic rings. The summed E-state index contributed by atoms with van der Waals surface area (Å²) < 4.78 is 18.8. The summed E-state index contributed by atoms with van der Waals surface area (Å²) in [7, 11) is 0. The number of rotatable bonds is 7. The molecular formula is C18H21FN2O2. The lowest BCUT2D eigenvalue weighted by atomic mass is 10.2. The molecule has 2 aromatic carbocycles. The highest BCUT2D eigenvalue weighted by molar-refractivity contribution is 5.95. The molecule has 0 radical (unpaired) electrons. The van der Waals surface area contributed by atoms with E-state index >= 15 is 0 Å². The van der Waals surface area contributed by atoms with Gasteiger partial charge in [-0.05, 0) is 43.2 Å². The van der Waals surface area contributed by atoms with Crippen molar-refractivity contribution in [1.29, 1.82) is 0 Å². The number of ether oxygens (including phenoxy) is 1. The number of anilines is 2. The Morgan fingerprint density at radius 3 is 2.74 bits per heavy atom. The van der Waals surface area contributed by atoms with Crippen molar-refractivity contribution < 1.29 is 13.9 Å². The second-order valence-electron chi connectivity index (χ2n) is 5.21. The summed E-state index contributed by atoms with van der Waals surface area (Å²) in [6.45, 7) is 4.51. The first kappa shape index (κ1) is 16.8. The third-order valence-electron chi connectivity index (χ3n) is 3.26. The standard InChI is InChI=1S/C18H21FN2O2/c1-3-10-23-17-7-5-4-6-15(17)21-18(22)12-20-16-11-14(19)9-8-13(16)2/h4-9,11,20H,3,10,12H2,1-2H3,(H,21,22). The van der Waals surface area contributed by atoms with Crippen LogP contribution in [-0.4, -0.2) is 19.1 Å². The van der Waals surface area contributed by atoms with E-state index in [0.717, 1.165) is 12.0 Å². The summed E-state index contributed by atoms with van der Waals surface area (Å²) >= 11 is 0. The van der Waals surface area contributed by atoms with E-state index in [0.29, 0.717) is 23.7 Å². The van der Waals surface area contributed by atoms with Gasteiger partial charge in [0.15, 0.2) is 0 Å². The van der Waals surface area contributed by atoms with Gasteiger partial charge in [0.25, 0.3) is 0 Å². The van der Waals surface area contributed by atoms with Crippen LogP contribution in [0.1, 0.15) is 18.9 Å². The van der Waals surface area contributed by atoms with Gasteiger partial charge in [-0.2, -0.15) is 0 Å². The fourth-order valence-electron chi connectivity index (χ4n) is 2.06. The summed E-state index contributed by atoms with van der Waals surface area (Å²) in [5.74, 6) is 0.0858. The number of halogens is 1. The molecule has 23 heavy (non-hydrogen) atoms. The molecule has 0 heterocycles. The minimum atomic E-state index is -0.336. The van der Waals surface area contributed by atoms with Crippen molar-refractivity contribution in [1.82, 2.24) is 0 Å². The maximum atomic E-state index is 13.2. The number of hydrogen-bond acceptors (Lipinski definition) is 3. The van der Waals surface area contributed by atoms with E-state index in [1.807, 2.05) is 32.0 Å². The second-order valence-corrected chi connectivity index (χ2v) is 5.21. The number of nitrogens with one attached hydrogen (secondary N) is 2. The highest BCUT2D eigenvalue weighted by Gasteiger charge is 2.08. The molecule has 0 aromatic heterocycles. The van der Waals surface area contributed by atoms with Crippen molar-refractivity contribution in [2.45, 2.75) is 20.3 Å². The van der Waals surface area contributed by atoms with E-state index in [2.05, 4.69) is 10.6 Å². The van der Waals surface area contributed by atoms with Gasteiger partial charge in [0.2, 0.25) is 5.91 Å². The first-order valence-electron chi connectivity index (χ1n) is 7.62. The molecule has 0 bridgehead atoms. The van der Waals surface area contributed by atoms with E-state index in [9.17, 15) is 9.18 Å². The molecule has 0 aliphatic carbocycles. The number of hydrogen-bond donors (Lipinski definition) is 2. The smallest absolute Gasteiger partial charge is 0.243 e. The van der Waals surface area contributed by atoms with Gasteiger partial charge in [-0.15, -0.1) is 0 Å². The zero-order valence-electron chi connectivity index (χ0n) is 13.4. The Morgan fingerprint density at radius 2 is 1.96 bits per heavy atom. The van der Waals surface area contributed by atoms with E-state index in [1.54, 1.807) is 12.1 Å². The summed E-state index contributed by atoms with van der Waals surface area (Å²) in [6, 6.07) is 11.7. The predicted molar refractivity (Wildman–Crippen MR) is 90.5 cm³/mol. The normalized spacial score (nSPS) is 10.2. The third kappa shape index (κ3) is 4.98. The lowest BCUT2D eigenvalue weighted by Crippen LogP contribution is -2.22. The summed E-state index contributed by atoms with van der Waals surface area (Å²) in [5, 5.41) is 5.75. The zero-order chi connectivity index (χ0) is 16.7. The number of para-hydroxylation sites is 2. The number of amides is 1. The predicted octanol–water partition coefficient (Wildman–Crippen LogP) is 3.97. The average Bonchev–Trinajstić information content (AvgIpc) is 2.55. The van der Waals surface area contributed by atoms with E-state index in [1.165, 1.54) is 12.1 Å². The molecule has 0 saturated heterocycles. The van der Waals surface area contributed by atoms with Crippen LogP contribution < -0.4 is 15.4 Å². The molecular weight excluding hydrogens is 295 g/mol. The SMILES string of the molecule is CCCOc1ccccc1NC(=O)CNc1cc(F)ccc1C. The van der Waals surface area contributed by atoms with Crippen LogP contribution in [0.3, 0.4) is 0 Å². The van der Waals surface area contributed by atoms with Crippen LogP contribution in [0.15, 0.2) is 42.5 Å². The minimum Gasteiger partial charge on any atom is -0.491 e. The maximum Gasteiger partial charge on any atom is 0.243 e. The molecule has 2 aromatic rings. The molecule has 0 atom stereocenters. The maximum absolute atomic E-state index is 13.2. The molecule has 5 heteroatoms. The molecule has 1 amide bonds. The van der Waals surface area contributed by atoms with Crippen LogP contribution in [0.4, 0.5) is 15.8 Å². The molecule has 0 saturated carbocycles. The van der Waals surface area contributed by atoms with Crippen molar-refractivity contribution in [3.63, 3.8) is 0 Å². The van der Waals surface area contributed by atoms with Crippen molar-refractivity contribution in [2.24, 2.45) is 0 Å². The molecule has 4 nitrogen and oxygen atoms in total. The molecule has 0 fully saturated rings. The Bertz CT molecular complexity index is 674. The van der Waals surface area contributed by atoms with Gasteiger partial charge in [0.1, 0.15) is 11.6 Å². The molecule has 2 rings (SSSR count). The molecule has 122 valence electrons. The van der Waals surface area contributed by atoms with Gasteiger partial charge in [-0.25, -0.2) is 4.39 Å². The largest absolute Gasteiger partial charge is 0.491 e. The average molecular weight is 316 g/mol. The van der Waals surface area contributed by atoms with E-state index in [4.69, 9.17) is 4.74 Å². The Hall–Kier alpha value is -2.56. The molecule has 0 aliphatic heterocycles. The summed E-state index contributed by atoms with van der Waals surface area (Å²) in [5.41, 5.74) is 2.12. The lowest BCUT2D eigenvalue weighted by Gasteiger charge is -2.13. The van der Waals surface area contributed by atoms with Crippen LogP contribution >= 0.6 is 0 Å². The van der Waals surface area contributed by atoms with Gasteiger partial charge >= 0.3 is 0 Å².